The van der Waals surface area contributed by atoms with Gasteiger partial charge in [0.1, 0.15) is 11.6 Å². The second kappa shape index (κ2) is 8.09. The molecule has 0 aliphatic heterocycles. The Morgan fingerprint density at radius 1 is 1.30 bits per heavy atom. The van der Waals surface area contributed by atoms with Crippen LogP contribution in [0.2, 0.25) is 0 Å². The van der Waals surface area contributed by atoms with Crippen molar-refractivity contribution >= 4 is 12.0 Å². The highest BCUT2D eigenvalue weighted by molar-refractivity contribution is 5.86. The second-order valence-electron chi connectivity index (χ2n) is 6.01. The third-order valence-corrected chi connectivity index (χ3v) is 2.67. The van der Waals surface area contributed by atoms with Crippen LogP contribution in [-0.4, -0.2) is 53.3 Å². The molecule has 0 aromatic heterocycles. The molecule has 1 atom stereocenters. The van der Waals surface area contributed by atoms with Gasteiger partial charge in [0.2, 0.25) is 5.91 Å². The quantitative estimate of drug-likeness (QED) is 0.774. The van der Waals surface area contributed by atoms with Crippen LogP contribution in [0.3, 0.4) is 0 Å². The highest BCUT2D eigenvalue weighted by atomic mass is 16.6. The number of carbonyl (C=O) groups is 2. The zero-order valence-corrected chi connectivity index (χ0v) is 13.4. The Bertz CT molecular complexity index is 324. The molecule has 0 radical (unpaired) electrons. The van der Waals surface area contributed by atoms with Crippen LogP contribution < -0.4 is 5.32 Å². The first-order valence-corrected chi connectivity index (χ1v) is 7.01. The Kier molecular flexibility index (Phi) is 7.57. The number of ether oxygens (including phenoxy) is 1. The minimum absolute atomic E-state index is 0.0669. The molecule has 0 aromatic carbocycles. The van der Waals surface area contributed by atoms with Crippen LogP contribution in [0.5, 0.6) is 0 Å². The van der Waals surface area contributed by atoms with E-state index in [9.17, 15) is 9.59 Å². The molecule has 20 heavy (non-hydrogen) atoms. The van der Waals surface area contributed by atoms with Crippen molar-refractivity contribution in [3.63, 3.8) is 0 Å². The fraction of sp³-hybridized carbons (Fsp3) is 0.857. The van der Waals surface area contributed by atoms with E-state index < -0.39 is 17.7 Å². The Balaban J connectivity index is 4.80. The van der Waals surface area contributed by atoms with Crippen molar-refractivity contribution < 1.29 is 19.4 Å². The molecule has 0 rings (SSSR count). The molecule has 0 bridgehead atoms. The van der Waals surface area contributed by atoms with Gasteiger partial charge in [-0.15, -0.1) is 0 Å². The van der Waals surface area contributed by atoms with Crippen molar-refractivity contribution in [2.75, 3.05) is 19.7 Å². The van der Waals surface area contributed by atoms with Crippen LogP contribution >= 0.6 is 0 Å². The Morgan fingerprint density at radius 2 is 1.85 bits per heavy atom. The van der Waals surface area contributed by atoms with E-state index in [4.69, 9.17) is 9.84 Å². The molecular weight excluding hydrogens is 260 g/mol. The van der Waals surface area contributed by atoms with E-state index in [1.54, 1.807) is 20.8 Å². The third kappa shape index (κ3) is 6.75. The van der Waals surface area contributed by atoms with Crippen LogP contribution in [0, 0.1) is 5.92 Å². The fourth-order valence-corrected chi connectivity index (χ4v) is 1.69. The number of amides is 2. The topological polar surface area (TPSA) is 78.9 Å². The monoisotopic (exact) mass is 288 g/mol. The normalized spacial score (nSPS) is 13.0. The van der Waals surface area contributed by atoms with E-state index in [1.165, 1.54) is 4.90 Å². The van der Waals surface area contributed by atoms with Gasteiger partial charge in [-0.2, -0.15) is 0 Å². The van der Waals surface area contributed by atoms with Gasteiger partial charge in [0.15, 0.2) is 0 Å². The number of rotatable bonds is 6. The first-order valence-electron chi connectivity index (χ1n) is 7.01. The summed E-state index contributed by atoms with van der Waals surface area (Å²) in [6.45, 7) is 11.5. The Hall–Kier alpha value is -1.30. The van der Waals surface area contributed by atoms with E-state index in [0.717, 1.165) is 0 Å². The van der Waals surface area contributed by atoms with E-state index in [-0.39, 0.29) is 25.0 Å². The average Bonchev–Trinajstić information content (AvgIpc) is 2.29. The maximum absolute atomic E-state index is 12.4. The first-order chi connectivity index (χ1) is 9.12. The highest BCUT2D eigenvalue weighted by Crippen LogP contribution is 2.10. The number of aliphatic hydroxyl groups is 1. The number of hydrogen-bond donors (Lipinski definition) is 2. The molecule has 118 valence electrons. The third-order valence-electron chi connectivity index (χ3n) is 2.67. The lowest BCUT2D eigenvalue weighted by molar-refractivity contribution is -0.134. The molecule has 0 fully saturated rings. The molecule has 0 aromatic rings. The van der Waals surface area contributed by atoms with Crippen molar-refractivity contribution in [2.24, 2.45) is 5.92 Å². The van der Waals surface area contributed by atoms with Gasteiger partial charge in [-0.1, -0.05) is 13.8 Å². The molecule has 2 N–H and O–H groups in total. The molecule has 6 nitrogen and oxygen atoms in total. The summed E-state index contributed by atoms with van der Waals surface area (Å²) in [5.74, 6) is -0.273. The molecule has 2 amide bonds. The summed E-state index contributed by atoms with van der Waals surface area (Å²) in [5, 5.41) is 11.6. The van der Waals surface area contributed by atoms with Crippen molar-refractivity contribution in [3.8, 4) is 0 Å². The van der Waals surface area contributed by atoms with Crippen LogP contribution in [0.4, 0.5) is 4.79 Å². The second-order valence-corrected chi connectivity index (χ2v) is 6.01. The summed E-state index contributed by atoms with van der Waals surface area (Å²) < 4.78 is 5.17. The molecule has 1 unspecified atom stereocenters. The number of aliphatic hydroxyl groups excluding tert-OH is 1. The minimum Gasteiger partial charge on any atom is -0.444 e. The molecule has 0 aliphatic carbocycles. The molecule has 0 saturated carbocycles. The molecule has 0 spiro atoms. The lowest BCUT2D eigenvalue weighted by atomic mass is 10.0. The number of likely N-dealkylation sites (N-methyl/N-ethyl adjacent to an activating group) is 1. The number of nitrogens with one attached hydrogen (secondary N) is 1. The average molecular weight is 288 g/mol. The van der Waals surface area contributed by atoms with Crippen LogP contribution in [0.1, 0.15) is 41.5 Å². The van der Waals surface area contributed by atoms with E-state index in [2.05, 4.69) is 5.32 Å². The van der Waals surface area contributed by atoms with Crippen molar-refractivity contribution in [3.05, 3.63) is 0 Å². The Labute approximate surface area is 121 Å². The van der Waals surface area contributed by atoms with Gasteiger partial charge in [-0.25, -0.2) is 4.79 Å². The SMILES string of the molecule is CCN(CCO)C(=O)C(NC(=O)OC(C)(C)C)C(C)C. The predicted octanol–water partition coefficient (Wildman–Crippen LogP) is 1.38. The molecule has 6 heteroatoms. The Morgan fingerprint density at radius 3 is 2.20 bits per heavy atom. The zero-order valence-electron chi connectivity index (χ0n) is 13.4. The van der Waals surface area contributed by atoms with E-state index >= 15 is 0 Å². The van der Waals surface area contributed by atoms with E-state index in [0.29, 0.717) is 6.54 Å². The lowest BCUT2D eigenvalue weighted by Crippen LogP contribution is -2.52. The zero-order chi connectivity index (χ0) is 15.9. The summed E-state index contributed by atoms with van der Waals surface area (Å²) in [5.41, 5.74) is -0.607. The maximum Gasteiger partial charge on any atom is 0.408 e. The smallest absolute Gasteiger partial charge is 0.408 e. The van der Waals surface area contributed by atoms with Crippen LogP contribution in [-0.2, 0) is 9.53 Å². The summed E-state index contributed by atoms with van der Waals surface area (Å²) >= 11 is 0. The van der Waals surface area contributed by atoms with Crippen LogP contribution in [0.15, 0.2) is 0 Å². The molecule has 0 aliphatic rings. The maximum atomic E-state index is 12.4. The highest BCUT2D eigenvalue weighted by Gasteiger charge is 2.29. The largest absolute Gasteiger partial charge is 0.444 e. The summed E-state index contributed by atoms with van der Waals surface area (Å²) in [7, 11) is 0. The van der Waals surface area contributed by atoms with Crippen molar-refractivity contribution in [2.45, 2.75) is 53.2 Å². The van der Waals surface area contributed by atoms with Gasteiger partial charge in [0, 0.05) is 13.1 Å². The van der Waals surface area contributed by atoms with Gasteiger partial charge in [-0.3, -0.25) is 4.79 Å². The fourth-order valence-electron chi connectivity index (χ4n) is 1.69. The standard InChI is InChI=1S/C14H28N2O4/c1-7-16(8-9-17)12(18)11(10(2)3)15-13(19)20-14(4,5)6/h10-11,17H,7-9H2,1-6H3,(H,15,19). The minimum atomic E-state index is -0.656. The first kappa shape index (κ1) is 18.7. The molecular formula is C14H28N2O4. The van der Waals surface area contributed by atoms with Crippen LogP contribution in [0.25, 0.3) is 0 Å². The molecule has 0 saturated heterocycles. The summed E-state index contributed by atoms with van der Waals surface area (Å²) in [6, 6.07) is -0.656. The van der Waals surface area contributed by atoms with Gasteiger partial charge < -0.3 is 20.1 Å². The van der Waals surface area contributed by atoms with Gasteiger partial charge in [-0.05, 0) is 33.6 Å². The lowest BCUT2D eigenvalue weighted by Gasteiger charge is -2.29. The number of alkyl carbamates (subject to hydrolysis) is 1. The molecule has 0 heterocycles. The van der Waals surface area contributed by atoms with Gasteiger partial charge >= 0.3 is 6.09 Å². The predicted molar refractivity (Wildman–Crippen MR) is 77.3 cm³/mol. The summed E-state index contributed by atoms with van der Waals surface area (Å²) in [4.78, 5) is 25.7. The van der Waals surface area contributed by atoms with Gasteiger partial charge in [0.05, 0.1) is 6.61 Å². The van der Waals surface area contributed by atoms with E-state index in [1.807, 2.05) is 20.8 Å². The number of carbonyl (C=O) groups excluding carboxylic acids is 2. The van der Waals surface area contributed by atoms with Gasteiger partial charge in [0.25, 0.3) is 0 Å². The summed E-state index contributed by atoms with van der Waals surface area (Å²) in [6.07, 6.45) is -0.607. The van der Waals surface area contributed by atoms with Crippen molar-refractivity contribution in [1.29, 1.82) is 0 Å². The van der Waals surface area contributed by atoms with Crippen molar-refractivity contribution in [1.82, 2.24) is 10.2 Å². The number of hydrogen-bond acceptors (Lipinski definition) is 4. The number of nitrogens with zero attached hydrogens (tertiary/aromatic N) is 1.